The van der Waals surface area contributed by atoms with E-state index < -0.39 is 62.6 Å². The highest BCUT2D eigenvalue weighted by Crippen LogP contribution is 2.32. The Kier molecular flexibility index (Phi) is 19.4. The number of ether oxygens (including phenoxy) is 1. The topological polar surface area (TPSA) is 201 Å². The van der Waals surface area contributed by atoms with Crippen LogP contribution in [0.3, 0.4) is 0 Å². The van der Waals surface area contributed by atoms with Gasteiger partial charge in [-0.05, 0) is 71.6 Å². The summed E-state index contributed by atoms with van der Waals surface area (Å²) in [5, 5.41) is 0.346. The molecule has 3 saturated heterocycles. The second-order valence-corrected chi connectivity index (χ2v) is 17.8. The zero-order valence-corrected chi connectivity index (χ0v) is 35.0. The third-order valence-corrected chi connectivity index (χ3v) is 11.5. The standard InChI is InChI=1S/C18H29BN4O12S2.C16H36N/c1-18(2,3)33-17(26)21-8-11(7-19)6-13(21)10-32-20-15(24)14-5-4-12-9-22(14)16(25)23(12)34-37(30,31)35-36(27,28)29;1-5-9-13-17(14-10-6-2,15-11-7-3)16-12-8-4/h11-14H,4-10H2,1-3H3,(H,20,24)(H,27,28,29);5-16H2,1-4H3/q;+1/p-1/t11?,12-,13?,14+;/m1./s1. The lowest BCUT2D eigenvalue weighted by atomic mass is 9.89. The molecule has 3 heterocycles. The van der Waals surface area contributed by atoms with Gasteiger partial charge in [-0.3, -0.25) is 9.63 Å². The first-order chi connectivity index (χ1) is 25.2. The summed E-state index contributed by atoms with van der Waals surface area (Å²) in [6.45, 7) is 20.4. The van der Waals surface area contributed by atoms with Crippen LogP contribution < -0.4 is 5.48 Å². The fourth-order valence-corrected chi connectivity index (χ4v) is 8.32. The van der Waals surface area contributed by atoms with Crippen LogP contribution in [0.4, 0.5) is 9.59 Å². The van der Waals surface area contributed by atoms with Crippen molar-refractivity contribution >= 4 is 46.7 Å². The summed E-state index contributed by atoms with van der Waals surface area (Å²) in [5.41, 5.74) is 1.55. The van der Waals surface area contributed by atoms with Gasteiger partial charge in [0.15, 0.2) is 0 Å². The summed E-state index contributed by atoms with van der Waals surface area (Å²) >= 11 is 0. The largest absolute Gasteiger partial charge is 0.725 e. The monoisotopic (exact) mass is 809 g/mol. The Morgan fingerprint density at radius 3 is 1.91 bits per heavy atom. The number of hydrogen-bond donors (Lipinski definition) is 1. The van der Waals surface area contributed by atoms with Gasteiger partial charge >= 0.3 is 22.5 Å². The highest BCUT2D eigenvalue weighted by molar-refractivity contribution is 7.94. The fourth-order valence-electron chi connectivity index (χ4n) is 7.02. The molecular weight excluding hydrogens is 745 g/mol. The number of quaternary nitrogens is 1. The van der Waals surface area contributed by atoms with Crippen molar-refractivity contribution < 1.29 is 57.7 Å². The minimum Gasteiger partial charge on any atom is -0.725 e. The maximum atomic E-state index is 12.7. The highest BCUT2D eigenvalue weighted by atomic mass is 32.3. The number of nitrogens with one attached hydrogen (secondary N) is 1. The summed E-state index contributed by atoms with van der Waals surface area (Å²) in [4.78, 5) is 45.8. The first-order valence-electron chi connectivity index (χ1n) is 19.4. The van der Waals surface area contributed by atoms with Crippen molar-refractivity contribution in [1.29, 1.82) is 0 Å². The van der Waals surface area contributed by atoms with E-state index in [0.717, 1.165) is 4.90 Å². The van der Waals surface area contributed by atoms with Crippen LogP contribution in [-0.2, 0) is 43.1 Å². The van der Waals surface area contributed by atoms with Crippen LogP contribution in [0.15, 0.2) is 0 Å². The van der Waals surface area contributed by atoms with Gasteiger partial charge in [0, 0.05) is 13.1 Å². The number of piperidine rings is 1. The predicted octanol–water partition coefficient (Wildman–Crippen LogP) is 4.17. The number of likely N-dealkylation sites (tertiary alicyclic amines) is 1. The lowest BCUT2D eigenvalue weighted by Crippen LogP contribution is -2.50. The minimum atomic E-state index is -5.66. The number of urea groups is 1. The van der Waals surface area contributed by atoms with Crippen molar-refractivity contribution in [3.05, 3.63) is 0 Å². The van der Waals surface area contributed by atoms with Crippen LogP contribution in [0.1, 0.15) is 119 Å². The Morgan fingerprint density at radius 1 is 0.907 bits per heavy atom. The second-order valence-electron chi connectivity index (χ2n) is 15.5. The van der Waals surface area contributed by atoms with E-state index >= 15 is 0 Å². The normalized spacial score (nSPS) is 21.9. The summed E-state index contributed by atoms with van der Waals surface area (Å²) < 4.78 is 69.5. The van der Waals surface area contributed by atoms with Gasteiger partial charge in [0.05, 0.1) is 52.7 Å². The van der Waals surface area contributed by atoms with Crippen LogP contribution in [-0.4, -0.2) is 136 Å². The van der Waals surface area contributed by atoms with E-state index in [9.17, 15) is 35.8 Å². The number of hydrogen-bond acceptors (Lipinski definition) is 12. The van der Waals surface area contributed by atoms with Gasteiger partial charge in [0.25, 0.3) is 5.91 Å². The van der Waals surface area contributed by atoms with E-state index in [2.05, 4.69) is 41.1 Å². The number of amides is 4. The average Bonchev–Trinajstić information content (AvgIpc) is 3.60. The van der Waals surface area contributed by atoms with E-state index in [1.165, 1.54) is 86.9 Å². The number of unbranched alkanes of at least 4 members (excludes halogenated alkanes) is 4. The molecule has 0 aliphatic carbocycles. The Hall–Kier alpha value is -2.23. The molecule has 0 spiro atoms. The van der Waals surface area contributed by atoms with Crippen molar-refractivity contribution in [2.75, 3.05) is 45.9 Å². The molecule has 0 saturated carbocycles. The molecule has 3 aliphatic rings. The van der Waals surface area contributed by atoms with Crippen molar-refractivity contribution in [3.63, 3.8) is 0 Å². The summed E-state index contributed by atoms with van der Waals surface area (Å²) in [5.74, 6) is -0.677. The third kappa shape index (κ3) is 15.7. The Balaban J connectivity index is 0.000000500. The molecule has 3 aliphatic heterocycles. The maximum Gasteiger partial charge on any atom is 0.435 e. The quantitative estimate of drug-likeness (QED) is 0.0571. The molecule has 2 radical (unpaired) electrons. The van der Waals surface area contributed by atoms with Gasteiger partial charge in [0.1, 0.15) is 11.6 Å². The van der Waals surface area contributed by atoms with Crippen molar-refractivity contribution in [3.8, 4) is 0 Å². The molecular formula is C34H64BN5O12S2. The Morgan fingerprint density at radius 2 is 1.44 bits per heavy atom. The van der Waals surface area contributed by atoms with E-state index in [4.69, 9.17) is 17.4 Å². The number of hydroxylamine groups is 3. The first kappa shape index (κ1) is 47.9. The van der Waals surface area contributed by atoms with Gasteiger partial charge in [-0.25, -0.2) is 23.5 Å². The third-order valence-electron chi connectivity index (χ3n) is 9.82. The van der Waals surface area contributed by atoms with Crippen LogP contribution in [0.25, 0.3) is 0 Å². The number of rotatable bonds is 21. The van der Waals surface area contributed by atoms with Gasteiger partial charge in [-0.15, -0.1) is 7.91 Å². The zero-order chi connectivity index (χ0) is 40.7. The molecule has 0 aromatic heterocycles. The Labute approximate surface area is 324 Å². The van der Waals surface area contributed by atoms with Gasteiger partial charge < -0.3 is 23.6 Å². The first-order valence-corrected chi connectivity index (χ1v) is 22.1. The van der Waals surface area contributed by atoms with Crippen molar-refractivity contribution in [1.82, 2.24) is 20.3 Å². The highest BCUT2D eigenvalue weighted by Gasteiger charge is 2.50. The molecule has 2 unspecified atom stereocenters. The second kappa shape index (κ2) is 21.9. The molecule has 20 heteroatoms. The molecule has 54 heavy (non-hydrogen) atoms. The molecule has 4 amide bonds. The average molecular weight is 810 g/mol. The van der Waals surface area contributed by atoms with Crippen LogP contribution in [0.2, 0.25) is 6.32 Å². The number of carbonyl (C=O) groups excluding carboxylic acids is 3. The van der Waals surface area contributed by atoms with Crippen molar-refractivity contribution in [2.45, 2.75) is 149 Å². The minimum absolute atomic E-state index is 0.0252. The summed E-state index contributed by atoms with van der Waals surface area (Å²) in [6.07, 6.45) is 11.6. The zero-order valence-electron chi connectivity index (χ0n) is 33.3. The molecule has 2 bridgehead atoms. The molecule has 0 aromatic carbocycles. The van der Waals surface area contributed by atoms with E-state index in [0.29, 0.717) is 24.3 Å². The predicted molar refractivity (Wildman–Crippen MR) is 200 cm³/mol. The Bertz CT molecular complexity index is 1380. The van der Waals surface area contributed by atoms with E-state index in [-0.39, 0.29) is 31.9 Å². The smallest absolute Gasteiger partial charge is 0.435 e. The summed E-state index contributed by atoms with van der Waals surface area (Å²) in [7, 11) is -5.29. The van der Waals surface area contributed by atoms with Crippen LogP contribution in [0.5, 0.6) is 0 Å². The molecule has 17 nitrogen and oxygen atoms in total. The van der Waals surface area contributed by atoms with E-state index in [1.54, 1.807) is 20.8 Å². The van der Waals surface area contributed by atoms with Crippen LogP contribution in [0, 0.1) is 5.92 Å². The molecule has 4 atom stereocenters. The fraction of sp³-hybridized carbons (Fsp3) is 0.912. The van der Waals surface area contributed by atoms with Gasteiger partial charge in [-0.1, -0.05) is 59.7 Å². The molecule has 312 valence electrons. The lowest BCUT2D eigenvalue weighted by molar-refractivity contribution is -0.929. The van der Waals surface area contributed by atoms with E-state index in [1.807, 2.05) is 0 Å². The van der Waals surface area contributed by atoms with Gasteiger partial charge in [0.2, 0.25) is 10.4 Å². The molecule has 1 N–H and O–H groups in total. The maximum absolute atomic E-state index is 12.7. The summed E-state index contributed by atoms with van der Waals surface area (Å²) in [6, 6.07) is -3.35. The lowest BCUT2D eigenvalue weighted by Gasteiger charge is -2.39. The molecule has 3 rings (SSSR count). The van der Waals surface area contributed by atoms with Crippen molar-refractivity contribution in [2.24, 2.45) is 5.92 Å². The molecule has 0 aromatic rings. The SMILES string of the molecule is CCCC[N+](CCCC)(CCCC)CCCC.[B]CC1CC(CONC(=O)[C@@H]2CC[C@@H]3CN2C(=O)N3OS(=O)(=O)OS(=O)(=O)[O-])N(C(=O)OC(C)(C)C)C1. The number of nitrogens with zero attached hydrogens (tertiary/aromatic N) is 4. The number of carbonyl (C=O) groups is 3. The number of fused-ring (bicyclic) bond motifs is 2. The van der Waals surface area contributed by atoms with Gasteiger partial charge in [-0.2, -0.15) is 13.5 Å². The van der Waals surface area contributed by atoms with Crippen LogP contribution >= 0.6 is 0 Å². The molecule has 3 fully saturated rings.